The highest BCUT2D eigenvalue weighted by molar-refractivity contribution is 6.80. The minimum absolute atomic E-state index is 0.283. The van der Waals surface area contributed by atoms with Gasteiger partial charge >= 0.3 is 10.0 Å². The van der Waals surface area contributed by atoms with Crippen LogP contribution in [0, 0.1) is 0 Å². The monoisotopic (exact) mass is 711 g/mol. The van der Waals surface area contributed by atoms with Crippen molar-refractivity contribution < 1.29 is 26.2 Å². The van der Waals surface area contributed by atoms with E-state index in [0.717, 1.165) is 24.2 Å². The molecular weight excluding hydrogens is 629 g/mol. The Labute approximate surface area is 298 Å². The van der Waals surface area contributed by atoms with E-state index >= 15 is 0 Å². The van der Waals surface area contributed by atoms with Gasteiger partial charge in [0.25, 0.3) is 0 Å². The molecule has 4 aliphatic rings. The van der Waals surface area contributed by atoms with Crippen LogP contribution in [0.3, 0.4) is 0 Å². The van der Waals surface area contributed by atoms with E-state index < -0.39 is 16.6 Å². The molecule has 0 aromatic carbocycles. The Hall–Kier alpha value is 0.411. The second-order valence-electron chi connectivity index (χ2n) is 19.5. The number of hydrogen-bond donors (Lipinski definition) is 0. The molecule has 0 bridgehead atoms. The highest BCUT2D eigenvalue weighted by Gasteiger charge is 2.45. The van der Waals surface area contributed by atoms with Gasteiger partial charge in [0.15, 0.2) is 16.6 Å². The molecule has 0 N–H and O–H groups in total. The van der Waals surface area contributed by atoms with Crippen molar-refractivity contribution >= 4 is 26.6 Å². The summed E-state index contributed by atoms with van der Waals surface area (Å²) >= 11 is 0. The summed E-state index contributed by atoms with van der Waals surface area (Å²) < 4.78 is 19.9. The van der Waals surface area contributed by atoms with Crippen LogP contribution in [-0.2, 0) is 8.23 Å². The topological polar surface area (TPSA) is 18.5 Å². The fourth-order valence-corrected chi connectivity index (χ4v) is 22.1. The van der Waals surface area contributed by atoms with Crippen molar-refractivity contribution in [3.63, 3.8) is 0 Å². The molecule has 4 atom stereocenters. The van der Waals surface area contributed by atoms with E-state index in [-0.39, 0.29) is 10.0 Å². The summed E-state index contributed by atoms with van der Waals surface area (Å²) in [7, 11) is 16.3. The van der Waals surface area contributed by atoms with Crippen LogP contribution in [-0.4, -0.2) is 151 Å². The number of hydrogen-bond acceptors (Lipinski definition) is 2. The average molecular weight is 711 g/mol. The molecule has 2 radical (unpaired) electrons. The molecule has 0 aliphatic carbocycles. The molecule has 6 nitrogen and oxygen atoms in total. The third kappa shape index (κ3) is 10.7. The van der Waals surface area contributed by atoms with Crippen LogP contribution in [0.4, 0.5) is 0 Å². The van der Waals surface area contributed by atoms with E-state index in [1.807, 2.05) is 0 Å². The first kappa shape index (κ1) is 40.2. The van der Waals surface area contributed by atoms with Crippen LogP contribution in [0.15, 0.2) is 0 Å². The van der Waals surface area contributed by atoms with Gasteiger partial charge in [-0.3, -0.25) is 0 Å². The molecule has 4 heterocycles. The lowest BCUT2D eigenvalue weighted by molar-refractivity contribution is -0.902. The molecule has 0 aromatic heterocycles. The highest BCUT2D eigenvalue weighted by atomic mass is 28.4. The van der Waals surface area contributed by atoms with E-state index in [1.165, 1.54) is 170 Å². The summed E-state index contributed by atoms with van der Waals surface area (Å²) in [6.45, 7) is 10.3. The molecule has 4 saturated heterocycles. The molecule has 0 saturated carbocycles. The molecule has 0 amide bonds. The van der Waals surface area contributed by atoms with Gasteiger partial charge in [0.2, 0.25) is 0 Å². The van der Waals surface area contributed by atoms with Gasteiger partial charge < -0.3 is 26.2 Å². The number of likely N-dealkylation sites (tertiary alicyclic amines) is 4. The van der Waals surface area contributed by atoms with Crippen molar-refractivity contribution in [2.75, 3.05) is 82.6 Å². The lowest BCUT2D eigenvalue weighted by Gasteiger charge is -2.40. The van der Waals surface area contributed by atoms with Gasteiger partial charge in [0.05, 0.1) is 107 Å². The quantitative estimate of drug-likeness (QED) is 0.0950. The fourth-order valence-electron chi connectivity index (χ4n) is 10.9. The molecule has 0 aromatic rings. The molecular formula is C38H82N4O2Si3+4. The summed E-state index contributed by atoms with van der Waals surface area (Å²) in [4.78, 5) is 0. The normalized spacial score (nSPS) is 32.0. The van der Waals surface area contributed by atoms with Crippen molar-refractivity contribution in [3.8, 4) is 0 Å². The van der Waals surface area contributed by atoms with Crippen molar-refractivity contribution in [1.29, 1.82) is 0 Å². The second-order valence-corrected chi connectivity index (χ2v) is 29.0. The van der Waals surface area contributed by atoms with Gasteiger partial charge in [-0.1, -0.05) is 26.7 Å². The van der Waals surface area contributed by atoms with Crippen molar-refractivity contribution in [2.24, 2.45) is 0 Å². The van der Waals surface area contributed by atoms with Crippen molar-refractivity contribution in [1.82, 2.24) is 0 Å². The zero-order chi connectivity index (χ0) is 34.4. The first-order chi connectivity index (χ1) is 22.1. The van der Waals surface area contributed by atoms with Gasteiger partial charge in [0, 0.05) is 51.4 Å². The maximum atomic E-state index is 7.51. The minimum atomic E-state index is -1.94. The Kier molecular flexibility index (Phi) is 14.4. The van der Waals surface area contributed by atoms with Crippen LogP contribution in [0.5, 0.6) is 0 Å². The molecule has 4 fully saturated rings. The Morgan fingerprint density at radius 2 is 0.702 bits per heavy atom. The Morgan fingerprint density at radius 3 is 0.894 bits per heavy atom. The Bertz CT molecular complexity index is 827. The third-order valence-electron chi connectivity index (χ3n) is 14.7. The minimum Gasteiger partial charge on any atom is -0.434 e. The smallest absolute Gasteiger partial charge is 0.410 e. The zero-order valence-corrected chi connectivity index (χ0v) is 36.4. The molecule has 274 valence electrons. The van der Waals surface area contributed by atoms with Crippen LogP contribution < -0.4 is 0 Å². The first-order valence-electron chi connectivity index (χ1n) is 20.5. The van der Waals surface area contributed by atoms with E-state index in [1.54, 1.807) is 0 Å². The number of quaternary nitrogens is 4. The predicted octanol–water partition coefficient (Wildman–Crippen LogP) is 7.78. The maximum absolute atomic E-state index is 7.51. The highest BCUT2D eigenvalue weighted by Crippen LogP contribution is 2.39. The lowest BCUT2D eigenvalue weighted by atomic mass is 10.1. The number of nitrogens with zero attached hydrogens (tertiary/aromatic N) is 4. The van der Waals surface area contributed by atoms with Crippen LogP contribution in [0.1, 0.15) is 104 Å². The Balaban J connectivity index is 1.52. The molecule has 4 rings (SSSR count). The summed E-state index contributed by atoms with van der Waals surface area (Å²) in [5.41, 5.74) is 0. The van der Waals surface area contributed by atoms with Gasteiger partial charge in [0.1, 0.15) is 0 Å². The Morgan fingerprint density at radius 1 is 0.447 bits per heavy atom. The molecule has 47 heavy (non-hydrogen) atoms. The molecule has 4 aliphatic heterocycles. The third-order valence-corrected chi connectivity index (χ3v) is 26.5. The van der Waals surface area contributed by atoms with Gasteiger partial charge in [-0.25, -0.2) is 0 Å². The summed E-state index contributed by atoms with van der Waals surface area (Å²) in [5.74, 6) is 0. The molecule has 9 heteroatoms. The predicted molar refractivity (Wildman–Crippen MR) is 207 cm³/mol. The zero-order valence-electron chi connectivity index (χ0n) is 33.4. The van der Waals surface area contributed by atoms with Crippen LogP contribution in [0.2, 0.25) is 36.3 Å². The van der Waals surface area contributed by atoms with E-state index in [2.05, 4.69) is 70.2 Å². The van der Waals surface area contributed by atoms with E-state index in [4.69, 9.17) is 8.23 Å². The SMILES string of the molecule is CCC[Si](CCC1CCC[N+]1(C)C)(CCC1CCC[N+]1(C)C)O[Si]O[Si](CCC)(CCC1CCC[N+]1(C)C)CCC1CCC[N+]1(C)C. The van der Waals surface area contributed by atoms with Gasteiger partial charge in [-0.2, -0.15) is 0 Å². The molecule has 0 spiro atoms. The summed E-state index contributed by atoms with van der Waals surface area (Å²) in [5, 5.41) is 0. The van der Waals surface area contributed by atoms with Crippen molar-refractivity contribution in [3.05, 3.63) is 0 Å². The second kappa shape index (κ2) is 16.8. The summed E-state index contributed by atoms with van der Waals surface area (Å²) in [6.07, 6.45) is 19.3. The van der Waals surface area contributed by atoms with Crippen LogP contribution in [0.25, 0.3) is 0 Å². The molecule has 4 unspecified atom stereocenters. The van der Waals surface area contributed by atoms with Crippen molar-refractivity contribution in [2.45, 2.75) is 164 Å². The fraction of sp³-hybridized carbons (Fsp3) is 1.00. The largest absolute Gasteiger partial charge is 0.434 e. The lowest BCUT2D eigenvalue weighted by Crippen LogP contribution is -2.50. The standard InChI is InChI=1S/C38H82N4O2Si3/c1-11-29-46(31-21-35-17-13-25-39(35,3)4,32-22-36-18-14-26-40(36,5)6)43-45-44-47(30-12-2,33-23-37-19-15-27-41(37,7)8)34-24-38-20-16-28-42(38,9)10/h35-38H,11-34H2,1-10H3/q+4. The summed E-state index contributed by atoms with van der Waals surface area (Å²) in [6, 6.07) is 11.3. The van der Waals surface area contributed by atoms with Crippen LogP contribution >= 0.6 is 0 Å². The van der Waals surface area contributed by atoms with E-state index in [9.17, 15) is 0 Å². The first-order valence-corrected chi connectivity index (χ1v) is 26.4. The maximum Gasteiger partial charge on any atom is 0.410 e. The van der Waals surface area contributed by atoms with Gasteiger partial charge in [-0.05, 0) is 61.9 Å². The average Bonchev–Trinajstić information content (AvgIpc) is 3.72. The number of rotatable bonds is 20. The van der Waals surface area contributed by atoms with E-state index in [0.29, 0.717) is 0 Å². The van der Waals surface area contributed by atoms with Gasteiger partial charge in [-0.15, -0.1) is 0 Å².